The number of carboxylic acids is 3. The van der Waals surface area contributed by atoms with E-state index in [0.717, 1.165) is 37.4 Å². The topological polar surface area (TPSA) is 169 Å². The van der Waals surface area contributed by atoms with Gasteiger partial charge in [0.05, 0.1) is 29.7 Å². The van der Waals surface area contributed by atoms with Crippen molar-refractivity contribution >= 4 is 29.5 Å². The molecule has 2 aromatic heterocycles. The van der Waals surface area contributed by atoms with Crippen molar-refractivity contribution in [3.8, 4) is 0 Å². The minimum absolute atomic E-state index is 0.00146. The number of hydrogen-bond acceptors (Lipinski definition) is 8. The number of halogens is 9. The Morgan fingerprint density at radius 3 is 1.76 bits per heavy atom. The third-order valence-corrected chi connectivity index (χ3v) is 6.19. The monoisotopic (exact) mass is 682 g/mol. The molecule has 1 amide bonds. The van der Waals surface area contributed by atoms with Gasteiger partial charge in [0, 0.05) is 45.6 Å². The summed E-state index contributed by atoms with van der Waals surface area (Å²) < 4.78 is 97.0. The molecule has 1 atom stereocenters. The first-order chi connectivity index (χ1) is 20.9. The van der Waals surface area contributed by atoms with Crippen LogP contribution in [-0.4, -0.2) is 121 Å². The standard InChI is InChI=1S/C18H24N6O.3C2HF3O2/c1-21-12-17(25)24(16-9-20-22(2)11-16)14-18(21)6-8-23(13-18)10-15-5-3-4-7-19-15;3*3-2(4,5)1(6)7/h3-5,7,9,11H,6,8,10,12-14H2,1-2H3;3*(H,6,7). The normalized spacial score (nSPS) is 18.8. The molecule has 0 bridgehead atoms. The number of hydrogen-bond donors (Lipinski definition) is 3. The smallest absolute Gasteiger partial charge is 0.475 e. The molecule has 0 saturated carbocycles. The van der Waals surface area contributed by atoms with Crippen molar-refractivity contribution in [3.05, 3.63) is 42.5 Å². The number of amides is 1. The molecule has 2 aromatic rings. The molecule has 1 spiro atoms. The van der Waals surface area contributed by atoms with Crippen LogP contribution >= 0.6 is 0 Å². The van der Waals surface area contributed by atoms with Gasteiger partial charge in [0.1, 0.15) is 0 Å². The molecular weight excluding hydrogens is 655 g/mol. The molecule has 22 heteroatoms. The van der Waals surface area contributed by atoms with Gasteiger partial charge < -0.3 is 20.2 Å². The van der Waals surface area contributed by atoms with E-state index < -0.39 is 36.4 Å². The van der Waals surface area contributed by atoms with Crippen molar-refractivity contribution in [2.75, 3.05) is 38.1 Å². The molecule has 46 heavy (non-hydrogen) atoms. The van der Waals surface area contributed by atoms with E-state index in [1.54, 1.807) is 10.9 Å². The first-order valence-electron chi connectivity index (χ1n) is 12.4. The Morgan fingerprint density at radius 2 is 1.37 bits per heavy atom. The quantitative estimate of drug-likeness (QED) is 0.407. The number of aromatic nitrogens is 3. The second-order valence-corrected chi connectivity index (χ2v) is 9.62. The fourth-order valence-corrected chi connectivity index (χ4v) is 3.98. The number of nitrogens with zero attached hydrogens (tertiary/aromatic N) is 6. The van der Waals surface area contributed by atoms with Gasteiger partial charge >= 0.3 is 36.4 Å². The number of alkyl halides is 9. The van der Waals surface area contributed by atoms with Gasteiger partial charge in [0.25, 0.3) is 0 Å². The largest absolute Gasteiger partial charge is 0.490 e. The maximum absolute atomic E-state index is 12.6. The summed E-state index contributed by atoms with van der Waals surface area (Å²) >= 11 is 0. The van der Waals surface area contributed by atoms with Gasteiger partial charge in [-0.25, -0.2) is 14.4 Å². The summed E-state index contributed by atoms with van der Waals surface area (Å²) in [6.07, 6.45) is -8.66. The predicted molar refractivity (Wildman–Crippen MR) is 136 cm³/mol. The van der Waals surface area contributed by atoms with Gasteiger partial charge in [-0.05, 0) is 25.6 Å². The van der Waals surface area contributed by atoms with Gasteiger partial charge in [-0.1, -0.05) is 6.07 Å². The van der Waals surface area contributed by atoms with Crippen LogP contribution in [0.5, 0.6) is 0 Å². The Bertz CT molecular complexity index is 1280. The summed E-state index contributed by atoms with van der Waals surface area (Å²) in [5.41, 5.74) is 1.99. The average molecular weight is 682 g/mol. The predicted octanol–water partition coefficient (Wildman–Crippen LogP) is 2.64. The minimum atomic E-state index is -5.08. The average Bonchev–Trinajstić information content (AvgIpc) is 3.53. The summed E-state index contributed by atoms with van der Waals surface area (Å²) in [4.78, 5) is 50.3. The highest BCUT2D eigenvalue weighted by Gasteiger charge is 2.48. The fraction of sp³-hybridized carbons (Fsp3) is 0.500. The zero-order valence-electron chi connectivity index (χ0n) is 23.8. The van der Waals surface area contributed by atoms with E-state index in [1.165, 1.54) is 0 Å². The van der Waals surface area contributed by atoms with Crippen molar-refractivity contribution in [1.29, 1.82) is 0 Å². The summed E-state index contributed by atoms with van der Waals surface area (Å²) in [5, 5.41) is 25.6. The fourth-order valence-electron chi connectivity index (χ4n) is 3.98. The molecule has 2 aliphatic heterocycles. The van der Waals surface area contributed by atoms with Gasteiger partial charge in [-0.2, -0.15) is 44.6 Å². The number of likely N-dealkylation sites (N-methyl/N-ethyl adjacent to an activating group) is 1. The number of pyridine rings is 1. The highest BCUT2D eigenvalue weighted by atomic mass is 19.4. The second kappa shape index (κ2) is 15.7. The number of aryl methyl sites for hydroxylation is 1. The van der Waals surface area contributed by atoms with Crippen LogP contribution in [-0.2, 0) is 32.8 Å². The number of carboxylic acid groups (broad SMARTS) is 3. The molecule has 258 valence electrons. The first-order valence-corrected chi connectivity index (χ1v) is 12.4. The number of piperazine rings is 1. The first kappa shape index (κ1) is 39.6. The lowest BCUT2D eigenvalue weighted by Gasteiger charge is -2.46. The molecule has 0 aliphatic carbocycles. The van der Waals surface area contributed by atoms with E-state index >= 15 is 0 Å². The van der Waals surface area contributed by atoms with Gasteiger partial charge in [-0.15, -0.1) is 0 Å². The zero-order valence-corrected chi connectivity index (χ0v) is 23.8. The number of likely N-dealkylation sites (tertiary alicyclic amines) is 1. The lowest BCUT2D eigenvalue weighted by atomic mass is 9.93. The Labute approximate surface area is 253 Å². The zero-order chi connectivity index (χ0) is 35.7. The van der Waals surface area contributed by atoms with Crippen LogP contribution in [0.3, 0.4) is 0 Å². The molecule has 4 heterocycles. The summed E-state index contributed by atoms with van der Waals surface area (Å²) in [6.45, 7) is 4.00. The Balaban J connectivity index is 0.000000413. The lowest BCUT2D eigenvalue weighted by Crippen LogP contribution is -2.64. The van der Waals surface area contributed by atoms with Gasteiger partial charge in [0.2, 0.25) is 5.91 Å². The van der Waals surface area contributed by atoms with E-state index in [9.17, 15) is 44.3 Å². The van der Waals surface area contributed by atoms with Gasteiger partial charge in [-0.3, -0.25) is 24.3 Å². The van der Waals surface area contributed by atoms with E-state index in [1.807, 2.05) is 36.5 Å². The van der Waals surface area contributed by atoms with Crippen molar-refractivity contribution in [2.45, 2.75) is 37.0 Å². The molecule has 1 unspecified atom stereocenters. The maximum Gasteiger partial charge on any atom is 0.490 e. The van der Waals surface area contributed by atoms with Crippen LogP contribution in [0.25, 0.3) is 0 Å². The Kier molecular flexibility index (Phi) is 13.5. The minimum Gasteiger partial charge on any atom is -0.475 e. The summed E-state index contributed by atoms with van der Waals surface area (Å²) in [6, 6.07) is 6.05. The number of carbonyl (C=O) groups excluding carboxylic acids is 1. The van der Waals surface area contributed by atoms with Crippen LogP contribution in [0.15, 0.2) is 36.8 Å². The molecule has 0 aromatic carbocycles. The Morgan fingerprint density at radius 1 is 0.870 bits per heavy atom. The van der Waals surface area contributed by atoms with Crippen molar-refractivity contribution in [3.63, 3.8) is 0 Å². The number of rotatable bonds is 3. The van der Waals surface area contributed by atoms with Crippen molar-refractivity contribution < 1.29 is 74.0 Å². The van der Waals surface area contributed by atoms with Crippen molar-refractivity contribution in [2.24, 2.45) is 7.05 Å². The summed E-state index contributed by atoms with van der Waals surface area (Å²) in [7, 11) is 3.95. The number of carbonyl (C=O) groups is 4. The van der Waals surface area contributed by atoms with E-state index in [-0.39, 0.29) is 11.4 Å². The third-order valence-electron chi connectivity index (χ3n) is 6.19. The number of anilines is 1. The Hall–Kier alpha value is -4.47. The highest BCUT2D eigenvalue weighted by Crippen LogP contribution is 2.33. The summed E-state index contributed by atoms with van der Waals surface area (Å²) in [5.74, 6) is -8.13. The van der Waals surface area contributed by atoms with Gasteiger partial charge in [0.15, 0.2) is 0 Å². The molecule has 0 radical (unpaired) electrons. The van der Waals surface area contributed by atoms with Crippen LogP contribution < -0.4 is 4.90 Å². The van der Waals surface area contributed by atoms with Crippen LogP contribution in [0, 0.1) is 0 Å². The molecule has 4 rings (SSSR count). The molecule has 2 aliphatic rings. The number of aliphatic carboxylic acids is 3. The van der Waals surface area contributed by atoms with Crippen molar-refractivity contribution in [1.82, 2.24) is 24.6 Å². The lowest BCUT2D eigenvalue weighted by molar-refractivity contribution is -0.193. The highest BCUT2D eigenvalue weighted by molar-refractivity contribution is 5.95. The van der Waals surface area contributed by atoms with Crippen LogP contribution in [0.1, 0.15) is 12.1 Å². The van der Waals surface area contributed by atoms with E-state index in [2.05, 4.69) is 33.0 Å². The molecule has 2 saturated heterocycles. The SMILES string of the molecule is CN1CC(=O)N(c2cnn(C)c2)CC12CCN(Cc1ccccn1)C2.O=C(O)C(F)(F)F.O=C(O)C(F)(F)F.O=C(O)C(F)(F)F. The van der Waals surface area contributed by atoms with E-state index in [4.69, 9.17) is 29.7 Å². The molecular formula is C24H27F9N6O7. The third kappa shape index (κ3) is 12.5. The van der Waals surface area contributed by atoms with Crippen LogP contribution in [0.2, 0.25) is 0 Å². The van der Waals surface area contributed by atoms with Crippen LogP contribution in [0.4, 0.5) is 45.2 Å². The second-order valence-electron chi connectivity index (χ2n) is 9.62. The molecule has 3 N–H and O–H groups in total. The maximum atomic E-state index is 12.6. The molecule has 13 nitrogen and oxygen atoms in total. The molecule has 2 fully saturated rings. The van der Waals surface area contributed by atoms with E-state index in [0.29, 0.717) is 13.1 Å².